The molecule has 0 saturated carbocycles. The standard InChI is InChI=1S/C16H25NO2S/c1-18-15-10-13-6-8-17(7-4-3-5-9-20)12-14(13)11-16(15)19-2/h10-11,20H,3-9,12H2,1-2H3. The zero-order valence-corrected chi connectivity index (χ0v) is 13.4. The second-order valence-electron chi connectivity index (χ2n) is 5.29. The molecule has 0 amide bonds. The van der Waals surface area contributed by atoms with Gasteiger partial charge in [-0.2, -0.15) is 12.6 Å². The Labute approximate surface area is 127 Å². The number of hydrogen-bond acceptors (Lipinski definition) is 4. The lowest BCUT2D eigenvalue weighted by atomic mass is 9.98. The summed E-state index contributed by atoms with van der Waals surface area (Å²) in [7, 11) is 3.39. The van der Waals surface area contributed by atoms with Gasteiger partial charge in [0.1, 0.15) is 0 Å². The normalized spacial score (nSPS) is 14.9. The van der Waals surface area contributed by atoms with Gasteiger partial charge in [-0.3, -0.25) is 4.90 Å². The van der Waals surface area contributed by atoms with Crippen molar-refractivity contribution in [2.24, 2.45) is 0 Å². The number of nitrogens with zero attached hydrogens (tertiary/aromatic N) is 1. The molecule has 0 atom stereocenters. The van der Waals surface area contributed by atoms with Crippen molar-refractivity contribution < 1.29 is 9.47 Å². The molecule has 1 aliphatic rings. The summed E-state index contributed by atoms with van der Waals surface area (Å²) >= 11 is 4.26. The minimum Gasteiger partial charge on any atom is -0.493 e. The molecule has 1 heterocycles. The van der Waals surface area contributed by atoms with E-state index in [2.05, 4.69) is 29.7 Å². The minimum atomic E-state index is 0.836. The summed E-state index contributed by atoms with van der Waals surface area (Å²) in [6, 6.07) is 4.26. The molecule has 20 heavy (non-hydrogen) atoms. The van der Waals surface area contributed by atoms with E-state index in [1.165, 1.54) is 36.9 Å². The molecule has 0 spiro atoms. The Morgan fingerprint density at radius 1 is 1.05 bits per heavy atom. The molecule has 0 aromatic heterocycles. The SMILES string of the molecule is COc1cc2c(cc1OC)CN(CCCCCS)CC2. The summed E-state index contributed by atoms with van der Waals surface area (Å²) < 4.78 is 10.8. The van der Waals surface area contributed by atoms with Gasteiger partial charge in [-0.05, 0) is 54.8 Å². The van der Waals surface area contributed by atoms with Crippen LogP contribution >= 0.6 is 12.6 Å². The number of methoxy groups -OCH3 is 2. The molecule has 4 heteroatoms. The van der Waals surface area contributed by atoms with Crippen LogP contribution in [-0.2, 0) is 13.0 Å². The molecule has 1 aromatic carbocycles. The van der Waals surface area contributed by atoms with Gasteiger partial charge in [0.15, 0.2) is 11.5 Å². The van der Waals surface area contributed by atoms with E-state index in [1.807, 2.05) is 0 Å². The van der Waals surface area contributed by atoms with Crippen LogP contribution in [0.3, 0.4) is 0 Å². The smallest absolute Gasteiger partial charge is 0.161 e. The third kappa shape index (κ3) is 3.83. The predicted octanol–water partition coefficient (Wildman–Crippen LogP) is 3.16. The topological polar surface area (TPSA) is 21.7 Å². The van der Waals surface area contributed by atoms with Crippen LogP contribution in [0.4, 0.5) is 0 Å². The van der Waals surface area contributed by atoms with E-state index in [1.54, 1.807) is 14.2 Å². The van der Waals surface area contributed by atoms with Gasteiger partial charge >= 0.3 is 0 Å². The van der Waals surface area contributed by atoms with E-state index >= 15 is 0 Å². The number of unbranched alkanes of at least 4 members (excludes halogenated alkanes) is 2. The lowest BCUT2D eigenvalue weighted by Crippen LogP contribution is -2.31. The van der Waals surface area contributed by atoms with Crippen LogP contribution in [0.5, 0.6) is 11.5 Å². The maximum absolute atomic E-state index is 5.40. The van der Waals surface area contributed by atoms with Crippen LogP contribution in [0.1, 0.15) is 30.4 Å². The summed E-state index contributed by atoms with van der Waals surface area (Å²) in [6.07, 6.45) is 4.86. The summed E-state index contributed by atoms with van der Waals surface area (Å²) in [4.78, 5) is 2.53. The molecule has 112 valence electrons. The first kappa shape index (κ1) is 15.5. The third-order valence-electron chi connectivity index (χ3n) is 3.93. The fourth-order valence-corrected chi connectivity index (χ4v) is 2.98. The van der Waals surface area contributed by atoms with Crippen molar-refractivity contribution in [1.29, 1.82) is 0 Å². The van der Waals surface area contributed by atoms with Crippen molar-refractivity contribution in [3.63, 3.8) is 0 Å². The van der Waals surface area contributed by atoms with Gasteiger partial charge in [-0.15, -0.1) is 0 Å². The van der Waals surface area contributed by atoms with Crippen molar-refractivity contribution in [2.45, 2.75) is 32.2 Å². The second kappa shape index (κ2) is 7.79. The Bertz CT molecular complexity index is 437. The van der Waals surface area contributed by atoms with Crippen molar-refractivity contribution in [3.8, 4) is 11.5 Å². The largest absolute Gasteiger partial charge is 0.493 e. The number of thiol groups is 1. The van der Waals surface area contributed by atoms with Gasteiger partial charge in [0.05, 0.1) is 14.2 Å². The van der Waals surface area contributed by atoms with Crippen LogP contribution in [0.2, 0.25) is 0 Å². The molecule has 2 rings (SSSR count). The molecule has 1 aromatic rings. The average molecular weight is 295 g/mol. The molecule has 0 radical (unpaired) electrons. The van der Waals surface area contributed by atoms with Crippen LogP contribution in [0.15, 0.2) is 12.1 Å². The fourth-order valence-electron chi connectivity index (χ4n) is 2.76. The molecular weight excluding hydrogens is 270 g/mol. The highest BCUT2D eigenvalue weighted by molar-refractivity contribution is 7.80. The summed E-state index contributed by atoms with van der Waals surface area (Å²) in [5.41, 5.74) is 2.78. The number of fused-ring (bicyclic) bond motifs is 1. The first-order valence-electron chi connectivity index (χ1n) is 7.35. The highest BCUT2D eigenvalue weighted by atomic mass is 32.1. The Kier molecular flexibility index (Phi) is 6.05. The summed E-state index contributed by atoms with van der Waals surface area (Å²) in [6.45, 7) is 3.35. The van der Waals surface area contributed by atoms with E-state index in [0.717, 1.165) is 36.8 Å². The first-order valence-corrected chi connectivity index (χ1v) is 7.98. The van der Waals surface area contributed by atoms with Crippen LogP contribution < -0.4 is 9.47 Å². The zero-order chi connectivity index (χ0) is 14.4. The van der Waals surface area contributed by atoms with Gasteiger partial charge in [0.2, 0.25) is 0 Å². The molecule has 0 aliphatic carbocycles. The average Bonchev–Trinajstić information content (AvgIpc) is 2.50. The molecule has 0 saturated heterocycles. The molecular formula is C16H25NO2S. The van der Waals surface area contributed by atoms with Gasteiger partial charge < -0.3 is 9.47 Å². The maximum atomic E-state index is 5.40. The molecule has 0 bridgehead atoms. The zero-order valence-electron chi connectivity index (χ0n) is 12.5. The Morgan fingerprint density at radius 3 is 2.40 bits per heavy atom. The molecule has 0 N–H and O–H groups in total. The van der Waals surface area contributed by atoms with Crippen LogP contribution in [0.25, 0.3) is 0 Å². The third-order valence-corrected chi connectivity index (χ3v) is 4.25. The van der Waals surface area contributed by atoms with Gasteiger partial charge in [-0.1, -0.05) is 6.42 Å². The quantitative estimate of drug-likeness (QED) is 0.617. The number of ether oxygens (including phenoxy) is 2. The monoisotopic (exact) mass is 295 g/mol. The highest BCUT2D eigenvalue weighted by Crippen LogP contribution is 2.33. The predicted molar refractivity (Wildman–Crippen MR) is 86.2 cm³/mol. The van der Waals surface area contributed by atoms with Gasteiger partial charge in [0.25, 0.3) is 0 Å². The molecule has 0 unspecified atom stereocenters. The fraction of sp³-hybridized carbons (Fsp3) is 0.625. The van der Waals surface area contributed by atoms with Crippen molar-refractivity contribution in [1.82, 2.24) is 4.90 Å². The van der Waals surface area contributed by atoms with Gasteiger partial charge in [0, 0.05) is 13.1 Å². The Morgan fingerprint density at radius 2 is 1.75 bits per heavy atom. The van der Waals surface area contributed by atoms with Crippen molar-refractivity contribution >= 4 is 12.6 Å². The van der Waals surface area contributed by atoms with E-state index < -0.39 is 0 Å². The lowest BCUT2D eigenvalue weighted by molar-refractivity contribution is 0.247. The van der Waals surface area contributed by atoms with Crippen molar-refractivity contribution in [3.05, 3.63) is 23.3 Å². The lowest BCUT2D eigenvalue weighted by Gasteiger charge is -2.29. The van der Waals surface area contributed by atoms with E-state index in [-0.39, 0.29) is 0 Å². The summed E-state index contributed by atoms with van der Waals surface area (Å²) in [5, 5.41) is 0. The molecule has 0 fully saturated rings. The minimum absolute atomic E-state index is 0.836. The van der Waals surface area contributed by atoms with Crippen LogP contribution in [-0.4, -0.2) is 38.0 Å². The Hall–Kier alpha value is -0.870. The van der Waals surface area contributed by atoms with E-state index in [9.17, 15) is 0 Å². The highest BCUT2D eigenvalue weighted by Gasteiger charge is 2.18. The summed E-state index contributed by atoms with van der Waals surface area (Å²) in [5.74, 6) is 2.68. The number of benzene rings is 1. The Balaban J connectivity index is 1.98. The first-order chi connectivity index (χ1) is 9.78. The second-order valence-corrected chi connectivity index (χ2v) is 5.73. The molecule has 3 nitrogen and oxygen atoms in total. The molecule has 1 aliphatic heterocycles. The van der Waals surface area contributed by atoms with E-state index in [4.69, 9.17) is 9.47 Å². The number of rotatable bonds is 7. The number of hydrogen-bond donors (Lipinski definition) is 1. The van der Waals surface area contributed by atoms with Gasteiger partial charge in [-0.25, -0.2) is 0 Å². The maximum Gasteiger partial charge on any atom is 0.161 e. The van der Waals surface area contributed by atoms with E-state index in [0.29, 0.717) is 0 Å². The van der Waals surface area contributed by atoms with Crippen molar-refractivity contribution in [2.75, 3.05) is 33.1 Å². The van der Waals surface area contributed by atoms with Crippen LogP contribution in [0, 0.1) is 0 Å².